The first-order chi connectivity index (χ1) is 12.5. The minimum Gasteiger partial charge on any atom is -0.449 e. The SMILES string of the molecule is C[C@H](OC(=O)c1cccnc1Cl)c1nnc(-c2ccc([N+](=O)[O-])cc2)o1. The molecule has 0 aliphatic carbocycles. The largest absolute Gasteiger partial charge is 0.449 e. The number of carbonyl (C=O) groups is 1. The quantitative estimate of drug-likeness (QED) is 0.287. The highest BCUT2D eigenvalue weighted by Crippen LogP contribution is 2.25. The number of esters is 1. The number of hydrogen-bond acceptors (Lipinski definition) is 8. The second-order valence-corrected chi connectivity index (χ2v) is 5.50. The summed E-state index contributed by atoms with van der Waals surface area (Å²) in [4.78, 5) is 26.1. The summed E-state index contributed by atoms with van der Waals surface area (Å²) in [7, 11) is 0. The number of aromatic nitrogens is 3. The van der Waals surface area contributed by atoms with Crippen molar-refractivity contribution in [2.45, 2.75) is 13.0 Å². The Labute approximate surface area is 151 Å². The second-order valence-electron chi connectivity index (χ2n) is 5.14. The topological polar surface area (TPSA) is 121 Å². The predicted molar refractivity (Wildman–Crippen MR) is 89.5 cm³/mol. The van der Waals surface area contributed by atoms with E-state index in [-0.39, 0.29) is 28.2 Å². The van der Waals surface area contributed by atoms with Crippen LogP contribution in [0.15, 0.2) is 47.0 Å². The molecule has 3 aromatic rings. The van der Waals surface area contributed by atoms with Crippen LogP contribution in [0.4, 0.5) is 5.69 Å². The third-order valence-corrected chi connectivity index (χ3v) is 3.68. The number of nitrogens with zero attached hydrogens (tertiary/aromatic N) is 4. The van der Waals surface area contributed by atoms with Crippen molar-refractivity contribution in [2.24, 2.45) is 0 Å². The highest BCUT2D eigenvalue weighted by molar-refractivity contribution is 6.32. The van der Waals surface area contributed by atoms with Crippen LogP contribution in [0.2, 0.25) is 5.15 Å². The van der Waals surface area contributed by atoms with Crippen molar-refractivity contribution in [3.8, 4) is 11.5 Å². The number of pyridine rings is 1. The van der Waals surface area contributed by atoms with Gasteiger partial charge in [0, 0.05) is 23.9 Å². The zero-order valence-electron chi connectivity index (χ0n) is 13.3. The van der Waals surface area contributed by atoms with Crippen molar-refractivity contribution in [2.75, 3.05) is 0 Å². The Balaban J connectivity index is 1.73. The van der Waals surface area contributed by atoms with Crippen molar-refractivity contribution in [3.63, 3.8) is 0 Å². The molecule has 0 bridgehead atoms. The van der Waals surface area contributed by atoms with Crippen molar-refractivity contribution < 1.29 is 18.9 Å². The molecule has 0 saturated carbocycles. The number of benzene rings is 1. The van der Waals surface area contributed by atoms with Gasteiger partial charge in [-0.3, -0.25) is 10.1 Å². The Kier molecular flexibility index (Phi) is 4.90. The molecular weight excluding hydrogens is 364 g/mol. The van der Waals surface area contributed by atoms with E-state index in [1.165, 1.54) is 36.5 Å². The summed E-state index contributed by atoms with van der Waals surface area (Å²) in [5.41, 5.74) is 0.573. The standard InChI is InChI=1S/C16H11ClN4O5/c1-9(25-16(22)12-3-2-8-18-13(12)17)14-19-20-15(26-14)10-4-6-11(7-5-10)21(23)24/h2-9H,1H3/t9-/m0/s1. The van der Waals surface area contributed by atoms with Crippen LogP contribution in [0, 0.1) is 10.1 Å². The summed E-state index contributed by atoms with van der Waals surface area (Å²) >= 11 is 5.86. The highest BCUT2D eigenvalue weighted by atomic mass is 35.5. The third kappa shape index (κ3) is 3.67. The van der Waals surface area contributed by atoms with Crippen LogP contribution in [-0.2, 0) is 4.74 Å². The lowest BCUT2D eigenvalue weighted by atomic mass is 10.2. The van der Waals surface area contributed by atoms with Crippen LogP contribution >= 0.6 is 11.6 Å². The smallest absolute Gasteiger partial charge is 0.342 e. The fourth-order valence-electron chi connectivity index (χ4n) is 2.05. The van der Waals surface area contributed by atoms with Crippen LogP contribution in [0.5, 0.6) is 0 Å². The van der Waals surface area contributed by atoms with E-state index >= 15 is 0 Å². The number of nitro groups is 1. The molecule has 1 aromatic carbocycles. The van der Waals surface area contributed by atoms with E-state index in [1.54, 1.807) is 13.0 Å². The van der Waals surface area contributed by atoms with Gasteiger partial charge >= 0.3 is 5.97 Å². The molecule has 0 N–H and O–H groups in total. The maximum Gasteiger partial charge on any atom is 0.342 e. The van der Waals surface area contributed by atoms with Gasteiger partial charge in [0.25, 0.3) is 11.6 Å². The van der Waals surface area contributed by atoms with Crippen LogP contribution in [0.1, 0.15) is 29.3 Å². The van der Waals surface area contributed by atoms with Gasteiger partial charge in [0.1, 0.15) is 5.15 Å². The van der Waals surface area contributed by atoms with Crippen LogP contribution < -0.4 is 0 Å². The Morgan fingerprint density at radius 2 is 2.00 bits per heavy atom. The van der Waals surface area contributed by atoms with Gasteiger partial charge in [0.15, 0.2) is 6.10 Å². The normalized spacial score (nSPS) is 11.8. The molecular formula is C16H11ClN4O5. The number of rotatable bonds is 5. The van der Waals surface area contributed by atoms with E-state index in [2.05, 4.69) is 15.2 Å². The molecule has 0 aliphatic heterocycles. The molecule has 9 nitrogen and oxygen atoms in total. The minimum atomic E-state index is -0.821. The van der Waals surface area contributed by atoms with Gasteiger partial charge in [-0.25, -0.2) is 9.78 Å². The molecule has 26 heavy (non-hydrogen) atoms. The molecule has 2 heterocycles. The number of carbonyl (C=O) groups excluding carboxylic acids is 1. The van der Waals surface area contributed by atoms with E-state index in [0.717, 1.165) is 0 Å². The number of hydrogen-bond donors (Lipinski definition) is 0. The highest BCUT2D eigenvalue weighted by Gasteiger charge is 2.21. The molecule has 1 atom stereocenters. The van der Waals surface area contributed by atoms with Crippen molar-refractivity contribution >= 4 is 23.3 Å². The van der Waals surface area contributed by atoms with E-state index in [4.69, 9.17) is 20.8 Å². The zero-order valence-corrected chi connectivity index (χ0v) is 14.1. The summed E-state index contributed by atoms with van der Waals surface area (Å²) < 4.78 is 10.7. The Morgan fingerprint density at radius 3 is 2.65 bits per heavy atom. The summed E-state index contributed by atoms with van der Waals surface area (Å²) in [5.74, 6) is -0.449. The molecule has 0 radical (unpaired) electrons. The molecule has 132 valence electrons. The number of nitro benzene ring substituents is 1. The second kappa shape index (κ2) is 7.28. The third-order valence-electron chi connectivity index (χ3n) is 3.38. The van der Waals surface area contributed by atoms with Crippen molar-refractivity contribution in [1.29, 1.82) is 0 Å². The first-order valence-electron chi connectivity index (χ1n) is 7.35. The van der Waals surface area contributed by atoms with Gasteiger partial charge < -0.3 is 9.15 Å². The fourth-order valence-corrected chi connectivity index (χ4v) is 2.25. The average Bonchev–Trinajstić information content (AvgIpc) is 3.12. The van der Waals surface area contributed by atoms with E-state index < -0.39 is 17.0 Å². The number of non-ortho nitro benzene ring substituents is 1. The minimum absolute atomic E-state index is 0.0294. The monoisotopic (exact) mass is 374 g/mol. The van der Waals surface area contributed by atoms with Crippen molar-refractivity contribution in [1.82, 2.24) is 15.2 Å². The first-order valence-corrected chi connectivity index (χ1v) is 7.73. The maximum absolute atomic E-state index is 12.1. The van der Waals surface area contributed by atoms with E-state index in [9.17, 15) is 14.9 Å². The lowest BCUT2D eigenvalue weighted by Crippen LogP contribution is -2.10. The maximum atomic E-state index is 12.1. The van der Waals surface area contributed by atoms with Gasteiger partial charge in [0.2, 0.25) is 5.89 Å². The van der Waals surface area contributed by atoms with Crippen molar-refractivity contribution in [3.05, 3.63) is 69.3 Å². The molecule has 0 saturated heterocycles. The van der Waals surface area contributed by atoms with Gasteiger partial charge in [0.05, 0.1) is 10.5 Å². The lowest BCUT2D eigenvalue weighted by Gasteiger charge is -2.09. The van der Waals surface area contributed by atoms with Crippen LogP contribution in [0.3, 0.4) is 0 Å². The summed E-state index contributed by atoms with van der Waals surface area (Å²) in [6.07, 6.45) is 0.634. The summed E-state index contributed by atoms with van der Waals surface area (Å²) in [5, 5.41) is 18.4. The molecule has 3 rings (SSSR count). The van der Waals surface area contributed by atoms with Crippen LogP contribution in [-0.4, -0.2) is 26.1 Å². The van der Waals surface area contributed by atoms with Crippen LogP contribution in [0.25, 0.3) is 11.5 Å². The van der Waals surface area contributed by atoms with E-state index in [0.29, 0.717) is 5.56 Å². The molecule has 0 amide bonds. The Bertz CT molecular complexity index is 957. The predicted octanol–water partition coefficient (Wildman–Crippen LogP) is 3.61. The van der Waals surface area contributed by atoms with Gasteiger partial charge in [-0.15, -0.1) is 10.2 Å². The van der Waals surface area contributed by atoms with E-state index in [1.807, 2.05) is 0 Å². The molecule has 0 aliphatic rings. The molecule has 0 fully saturated rings. The summed E-state index contributed by atoms with van der Waals surface area (Å²) in [6.45, 7) is 1.56. The number of ether oxygens (including phenoxy) is 1. The average molecular weight is 375 g/mol. The molecule has 0 spiro atoms. The zero-order chi connectivity index (χ0) is 18.7. The van der Waals surface area contributed by atoms with Gasteiger partial charge in [-0.05, 0) is 31.2 Å². The Hall–Kier alpha value is -3.33. The van der Waals surface area contributed by atoms with Gasteiger partial charge in [-0.1, -0.05) is 11.6 Å². The first kappa shape index (κ1) is 17.5. The molecule has 10 heteroatoms. The fraction of sp³-hybridized carbons (Fsp3) is 0.125. The summed E-state index contributed by atoms with van der Waals surface area (Å²) in [6, 6.07) is 8.68. The van der Waals surface area contributed by atoms with Gasteiger partial charge in [-0.2, -0.15) is 0 Å². The molecule has 2 aromatic heterocycles. The lowest BCUT2D eigenvalue weighted by molar-refractivity contribution is -0.384. The Morgan fingerprint density at radius 1 is 1.27 bits per heavy atom. The molecule has 0 unspecified atom stereocenters. The number of halogens is 1.